The number of hydrogen-bond acceptors (Lipinski definition) is 4. The van der Waals surface area contributed by atoms with Gasteiger partial charge in [0.1, 0.15) is 11.7 Å². The highest BCUT2D eigenvalue weighted by molar-refractivity contribution is 7.15. The minimum absolute atomic E-state index is 0.291. The Labute approximate surface area is 130 Å². The summed E-state index contributed by atoms with van der Waals surface area (Å²) in [4.78, 5) is 27.5. The van der Waals surface area contributed by atoms with Gasteiger partial charge in [0, 0.05) is 11.3 Å². The van der Waals surface area contributed by atoms with Crippen molar-refractivity contribution in [3.63, 3.8) is 0 Å². The fraction of sp³-hybridized carbons (Fsp3) is 0.267. The van der Waals surface area contributed by atoms with Crippen LogP contribution in [-0.4, -0.2) is 22.0 Å². The van der Waals surface area contributed by atoms with Gasteiger partial charge in [-0.15, -0.1) is 11.3 Å². The van der Waals surface area contributed by atoms with Crippen LogP contribution in [0.3, 0.4) is 0 Å². The van der Waals surface area contributed by atoms with Gasteiger partial charge < -0.3 is 10.4 Å². The van der Waals surface area contributed by atoms with Gasteiger partial charge in [-0.1, -0.05) is 18.2 Å². The van der Waals surface area contributed by atoms with Gasteiger partial charge in [0.05, 0.1) is 5.69 Å². The number of benzene rings is 1. The second kappa shape index (κ2) is 6.65. The lowest BCUT2D eigenvalue weighted by Crippen LogP contribution is -2.26. The van der Waals surface area contributed by atoms with Crippen molar-refractivity contribution in [3.8, 4) is 0 Å². The zero-order valence-corrected chi connectivity index (χ0v) is 12.9. The molecule has 0 spiro atoms. The number of aliphatic carboxylic acids is 1. The van der Waals surface area contributed by atoms with Gasteiger partial charge in [0.2, 0.25) is 5.91 Å². The van der Waals surface area contributed by atoms with Gasteiger partial charge in [-0.05, 0) is 25.5 Å². The highest BCUT2D eigenvalue weighted by atomic mass is 32.1. The number of carbonyl (C=O) groups excluding carboxylic acids is 1. The van der Waals surface area contributed by atoms with Crippen LogP contribution in [0.15, 0.2) is 24.3 Å². The standard InChI is InChI=1S/C15H15FN2O3S/c1-8(14(20)21)13(19)18-15-17-9(2)12(22-15)7-10-5-3-4-6-11(10)16/h3-6,8H,7H2,1-2H3,(H,20,21)(H,17,18,19). The number of anilines is 1. The van der Waals surface area contributed by atoms with Crippen molar-refractivity contribution >= 4 is 28.3 Å². The number of aryl methyl sites for hydroxylation is 1. The number of thiazole rings is 1. The second-order valence-corrected chi connectivity index (χ2v) is 5.93. The van der Waals surface area contributed by atoms with Crippen LogP contribution in [0, 0.1) is 18.7 Å². The number of carbonyl (C=O) groups is 2. The van der Waals surface area contributed by atoms with Crippen LogP contribution in [-0.2, 0) is 16.0 Å². The van der Waals surface area contributed by atoms with E-state index in [1.807, 2.05) is 0 Å². The first kappa shape index (κ1) is 16.1. The summed E-state index contributed by atoms with van der Waals surface area (Å²) in [5, 5.41) is 11.6. The fourth-order valence-corrected chi connectivity index (χ4v) is 2.77. The highest BCUT2D eigenvalue weighted by Crippen LogP contribution is 2.26. The van der Waals surface area contributed by atoms with Gasteiger partial charge in [-0.25, -0.2) is 9.37 Å². The van der Waals surface area contributed by atoms with Crippen LogP contribution in [0.25, 0.3) is 0 Å². The molecule has 7 heteroatoms. The van der Waals surface area contributed by atoms with Crippen molar-refractivity contribution in [3.05, 3.63) is 46.2 Å². The molecule has 0 aliphatic heterocycles. The van der Waals surface area contributed by atoms with Crippen LogP contribution in [0.1, 0.15) is 23.1 Å². The molecule has 1 heterocycles. The average Bonchev–Trinajstić information content (AvgIpc) is 2.80. The third kappa shape index (κ3) is 3.67. The van der Waals surface area contributed by atoms with Crippen molar-refractivity contribution in [2.24, 2.45) is 5.92 Å². The molecule has 0 fully saturated rings. The molecule has 1 atom stereocenters. The minimum atomic E-state index is -1.20. The number of carboxylic acids is 1. The average molecular weight is 322 g/mol. The summed E-state index contributed by atoms with van der Waals surface area (Å²) in [7, 11) is 0. The normalized spacial score (nSPS) is 12.0. The summed E-state index contributed by atoms with van der Waals surface area (Å²) in [5.74, 6) is -3.27. The van der Waals surface area contributed by atoms with E-state index in [0.717, 1.165) is 4.88 Å². The molecule has 1 aromatic carbocycles. The van der Waals surface area contributed by atoms with E-state index in [4.69, 9.17) is 5.11 Å². The molecule has 2 N–H and O–H groups in total. The number of hydrogen-bond donors (Lipinski definition) is 2. The van der Waals surface area contributed by atoms with E-state index < -0.39 is 17.8 Å². The lowest BCUT2D eigenvalue weighted by atomic mass is 10.1. The maximum atomic E-state index is 13.7. The largest absolute Gasteiger partial charge is 0.481 e. The number of nitrogens with zero attached hydrogens (tertiary/aromatic N) is 1. The summed E-state index contributed by atoms with van der Waals surface area (Å²) in [6.07, 6.45) is 0.376. The molecule has 0 radical (unpaired) electrons. The Hall–Kier alpha value is -2.28. The molecule has 2 aromatic rings. The summed E-state index contributed by atoms with van der Waals surface area (Å²) in [5.41, 5.74) is 1.23. The van der Waals surface area contributed by atoms with Crippen LogP contribution < -0.4 is 5.32 Å². The third-order valence-corrected chi connectivity index (χ3v) is 4.27. The first-order chi connectivity index (χ1) is 10.4. The van der Waals surface area contributed by atoms with Crippen LogP contribution in [0.4, 0.5) is 9.52 Å². The summed E-state index contributed by atoms with van der Waals surface area (Å²) >= 11 is 1.22. The maximum Gasteiger partial charge on any atom is 0.315 e. The number of carboxylic acid groups (broad SMARTS) is 1. The Morgan fingerprint density at radius 3 is 2.73 bits per heavy atom. The Morgan fingerprint density at radius 2 is 2.09 bits per heavy atom. The van der Waals surface area contributed by atoms with E-state index in [2.05, 4.69) is 10.3 Å². The molecule has 0 saturated heterocycles. The molecular formula is C15H15FN2O3S. The molecule has 0 saturated carbocycles. The molecule has 0 bridgehead atoms. The molecule has 0 aliphatic rings. The molecule has 0 aliphatic carbocycles. The van der Waals surface area contributed by atoms with Gasteiger partial charge in [0.25, 0.3) is 0 Å². The van der Waals surface area contributed by atoms with Crippen molar-refractivity contribution in [1.82, 2.24) is 4.98 Å². The van der Waals surface area contributed by atoms with E-state index in [9.17, 15) is 14.0 Å². The lowest BCUT2D eigenvalue weighted by Gasteiger charge is -2.04. The SMILES string of the molecule is Cc1nc(NC(=O)C(C)C(=O)O)sc1Cc1ccccc1F. The zero-order chi connectivity index (χ0) is 16.3. The predicted octanol–water partition coefficient (Wildman–Crippen LogP) is 2.84. The lowest BCUT2D eigenvalue weighted by molar-refractivity contribution is -0.144. The van der Waals surface area contributed by atoms with Crippen LogP contribution >= 0.6 is 11.3 Å². The van der Waals surface area contributed by atoms with E-state index in [1.165, 1.54) is 24.3 Å². The van der Waals surface area contributed by atoms with E-state index in [-0.39, 0.29) is 5.82 Å². The monoisotopic (exact) mass is 322 g/mol. The van der Waals surface area contributed by atoms with E-state index in [1.54, 1.807) is 25.1 Å². The third-order valence-electron chi connectivity index (χ3n) is 3.20. The molecule has 116 valence electrons. The van der Waals surface area contributed by atoms with Gasteiger partial charge >= 0.3 is 5.97 Å². The van der Waals surface area contributed by atoms with Gasteiger partial charge in [0.15, 0.2) is 5.13 Å². The molecule has 1 aromatic heterocycles. The Balaban J connectivity index is 2.13. The highest BCUT2D eigenvalue weighted by Gasteiger charge is 2.22. The Morgan fingerprint density at radius 1 is 1.41 bits per heavy atom. The second-order valence-electron chi connectivity index (χ2n) is 4.84. The Kier molecular flexibility index (Phi) is 4.87. The fourth-order valence-electron chi connectivity index (χ4n) is 1.79. The number of rotatable bonds is 5. The summed E-state index contributed by atoms with van der Waals surface area (Å²) in [6.45, 7) is 3.07. The summed E-state index contributed by atoms with van der Waals surface area (Å²) in [6, 6.07) is 6.46. The minimum Gasteiger partial charge on any atom is -0.481 e. The van der Waals surface area contributed by atoms with Crippen LogP contribution in [0.2, 0.25) is 0 Å². The number of amides is 1. The van der Waals surface area contributed by atoms with Crippen molar-refractivity contribution in [2.45, 2.75) is 20.3 Å². The van der Waals surface area contributed by atoms with Crippen molar-refractivity contribution < 1.29 is 19.1 Å². The summed E-state index contributed by atoms with van der Waals surface area (Å²) < 4.78 is 13.7. The first-order valence-corrected chi connectivity index (χ1v) is 7.43. The molecular weight excluding hydrogens is 307 g/mol. The van der Waals surface area contributed by atoms with Crippen molar-refractivity contribution in [1.29, 1.82) is 0 Å². The molecule has 5 nitrogen and oxygen atoms in total. The molecule has 1 unspecified atom stereocenters. The van der Waals surface area contributed by atoms with Crippen LogP contribution in [0.5, 0.6) is 0 Å². The Bertz CT molecular complexity index is 715. The maximum absolute atomic E-state index is 13.7. The first-order valence-electron chi connectivity index (χ1n) is 6.62. The smallest absolute Gasteiger partial charge is 0.315 e. The van der Waals surface area contributed by atoms with E-state index >= 15 is 0 Å². The molecule has 2 rings (SSSR count). The number of halogens is 1. The molecule has 1 amide bonds. The number of nitrogens with one attached hydrogen (secondary N) is 1. The molecule has 22 heavy (non-hydrogen) atoms. The van der Waals surface area contributed by atoms with Gasteiger partial charge in [-0.3, -0.25) is 9.59 Å². The van der Waals surface area contributed by atoms with E-state index in [0.29, 0.717) is 22.8 Å². The van der Waals surface area contributed by atoms with Gasteiger partial charge in [-0.2, -0.15) is 0 Å². The van der Waals surface area contributed by atoms with Crippen molar-refractivity contribution in [2.75, 3.05) is 5.32 Å². The predicted molar refractivity (Wildman–Crippen MR) is 81.5 cm³/mol. The quantitative estimate of drug-likeness (QED) is 0.830. The number of aromatic nitrogens is 1. The zero-order valence-electron chi connectivity index (χ0n) is 12.1. The topological polar surface area (TPSA) is 79.3 Å².